The summed E-state index contributed by atoms with van der Waals surface area (Å²) in [5, 5.41) is 14.9. The van der Waals surface area contributed by atoms with Crippen molar-refractivity contribution in [3.05, 3.63) is 76.1 Å². The predicted octanol–water partition coefficient (Wildman–Crippen LogP) is 3.69. The Hall–Kier alpha value is -3.88. The van der Waals surface area contributed by atoms with Gasteiger partial charge < -0.3 is 19.7 Å². The molecular formula is C22H25N5O4. The van der Waals surface area contributed by atoms with Crippen LogP contribution in [0.5, 0.6) is 11.5 Å². The van der Waals surface area contributed by atoms with Crippen molar-refractivity contribution in [2.45, 2.75) is 13.0 Å². The molecule has 0 aliphatic heterocycles. The van der Waals surface area contributed by atoms with Crippen molar-refractivity contribution in [2.75, 3.05) is 38.0 Å². The fraction of sp³-hybridized carbons (Fsp3) is 0.273. The minimum Gasteiger partial charge on any atom is -0.493 e. The lowest BCUT2D eigenvalue weighted by Gasteiger charge is -2.19. The number of ether oxygens (including phenoxy) is 2. The van der Waals surface area contributed by atoms with Gasteiger partial charge in [0.1, 0.15) is 6.33 Å². The Morgan fingerprint density at radius 1 is 1.03 bits per heavy atom. The molecule has 0 amide bonds. The van der Waals surface area contributed by atoms with Crippen LogP contribution < -0.4 is 19.7 Å². The summed E-state index contributed by atoms with van der Waals surface area (Å²) in [6.07, 6.45) is 1.96. The molecule has 0 aliphatic carbocycles. The molecule has 0 bridgehead atoms. The third kappa shape index (κ3) is 5.39. The van der Waals surface area contributed by atoms with Gasteiger partial charge >= 0.3 is 5.69 Å². The number of nitro groups is 1. The molecular weight excluding hydrogens is 398 g/mol. The van der Waals surface area contributed by atoms with Gasteiger partial charge in [-0.2, -0.15) is 0 Å². The number of hydrogen-bond donors (Lipinski definition) is 1. The highest BCUT2D eigenvalue weighted by atomic mass is 16.6. The Bertz CT molecular complexity index is 1030. The minimum absolute atomic E-state index is 0.145. The van der Waals surface area contributed by atoms with Gasteiger partial charge in [0, 0.05) is 20.1 Å². The molecule has 2 aromatic carbocycles. The van der Waals surface area contributed by atoms with Crippen LogP contribution in [0, 0.1) is 10.1 Å². The second-order valence-corrected chi connectivity index (χ2v) is 6.86. The molecule has 0 saturated heterocycles. The van der Waals surface area contributed by atoms with Gasteiger partial charge in [-0.1, -0.05) is 36.4 Å². The molecule has 9 heteroatoms. The van der Waals surface area contributed by atoms with Gasteiger partial charge in [-0.25, -0.2) is 9.97 Å². The Morgan fingerprint density at radius 2 is 1.77 bits per heavy atom. The molecule has 3 rings (SSSR count). The van der Waals surface area contributed by atoms with Crippen molar-refractivity contribution in [1.29, 1.82) is 0 Å². The number of aromatic nitrogens is 2. The van der Waals surface area contributed by atoms with Gasteiger partial charge in [-0.05, 0) is 29.7 Å². The standard InChI is InChI=1S/C22H25N5O4/c1-26(14-17-7-5-4-6-8-17)22-20(27(28)29)21(24-15-25-22)23-12-11-16-9-10-18(30-2)19(13-16)31-3/h4-10,13,15H,11-12,14H2,1-3H3,(H,23,24,25). The molecule has 0 unspecified atom stereocenters. The number of nitrogens with zero attached hydrogens (tertiary/aromatic N) is 4. The summed E-state index contributed by atoms with van der Waals surface area (Å²) in [5.41, 5.74) is 1.89. The van der Waals surface area contributed by atoms with E-state index in [4.69, 9.17) is 9.47 Å². The summed E-state index contributed by atoms with van der Waals surface area (Å²) in [5.74, 6) is 1.74. The molecule has 0 radical (unpaired) electrons. The first-order valence-corrected chi connectivity index (χ1v) is 9.72. The Balaban J connectivity index is 1.74. The quantitative estimate of drug-likeness (QED) is 0.389. The zero-order valence-corrected chi connectivity index (χ0v) is 17.7. The lowest BCUT2D eigenvalue weighted by molar-refractivity contribution is -0.383. The zero-order chi connectivity index (χ0) is 22.2. The number of hydrogen-bond acceptors (Lipinski definition) is 8. The van der Waals surface area contributed by atoms with Crippen LogP contribution in [-0.4, -0.2) is 42.7 Å². The molecule has 0 spiro atoms. The Kier molecular flexibility index (Phi) is 7.21. The smallest absolute Gasteiger partial charge is 0.353 e. The lowest BCUT2D eigenvalue weighted by Crippen LogP contribution is -2.20. The Labute approximate surface area is 180 Å². The maximum Gasteiger partial charge on any atom is 0.353 e. The normalized spacial score (nSPS) is 10.4. The summed E-state index contributed by atoms with van der Waals surface area (Å²) in [4.78, 5) is 21.4. The fourth-order valence-electron chi connectivity index (χ4n) is 3.24. The highest BCUT2D eigenvalue weighted by Gasteiger charge is 2.25. The Morgan fingerprint density at radius 3 is 2.45 bits per heavy atom. The first-order chi connectivity index (χ1) is 15.0. The molecule has 3 aromatic rings. The van der Waals surface area contributed by atoms with E-state index in [-0.39, 0.29) is 17.3 Å². The average molecular weight is 423 g/mol. The monoisotopic (exact) mass is 423 g/mol. The van der Waals surface area contributed by atoms with Gasteiger partial charge in [-0.15, -0.1) is 0 Å². The summed E-state index contributed by atoms with van der Waals surface area (Å²) < 4.78 is 10.6. The van der Waals surface area contributed by atoms with E-state index in [0.29, 0.717) is 31.0 Å². The first kappa shape index (κ1) is 21.8. The number of methoxy groups -OCH3 is 2. The summed E-state index contributed by atoms with van der Waals surface area (Å²) in [6.45, 7) is 0.943. The van der Waals surface area contributed by atoms with Crippen molar-refractivity contribution in [3.8, 4) is 11.5 Å². The molecule has 0 fully saturated rings. The molecule has 1 heterocycles. The van der Waals surface area contributed by atoms with Crippen LogP contribution in [0.2, 0.25) is 0 Å². The van der Waals surface area contributed by atoms with Crippen LogP contribution in [0.3, 0.4) is 0 Å². The highest BCUT2D eigenvalue weighted by Crippen LogP contribution is 2.32. The number of benzene rings is 2. The zero-order valence-electron chi connectivity index (χ0n) is 17.7. The average Bonchev–Trinajstić information content (AvgIpc) is 2.79. The van der Waals surface area contributed by atoms with E-state index in [9.17, 15) is 10.1 Å². The summed E-state index contributed by atoms with van der Waals surface area (Å²) in [6, 6.07) is 15.4. The second-order valence-electron chi connectivity index (χ2n) is 6.86. The third-order valence-corrected chi connectivity index (χ3v) is 4.76. The van der Waals surface area contributed by atoms with Crippen molar-refractivity contribution >= 4 is 17.3 Å². The second kappa shape index (κ2) is 10.2. The number of nitrogens with one attached hydrogen (secondary N) is 1. The largest absolute Gasteiger partial charge is 0.493 e. The van der Waals surface area contributed by atoms with Crippen LogP contribution >= 0.6 is 0 Å². The molecule has 1 N–H and O–H groups in total. The number of anilines is 2. The third-order valence-electron chi connectivity index (χ3n) is 4.76. The number of rotatable bonds is 10. The highest BCUT2D eigenvalue weighted by molar-refractivity contribution is 5.70. The van der Waals surface area contributed by atoms with E-state index in [1.54, 1.807) is 26.2 Å². The van der Waals surface area contributed by atoms with Gasteiger partial charge in [-0.3, -0.25) is 10.1 Å². The fourth-order valence-corrected chi connectivity index (χ4v) is 3.24. The van der Waals surface area contributed by atoms with E-state index in [2.05, 4.69) is 15.3 Å². The summed E-state index contributed by atoms with van der Waals surface area (Å²) in [7, 11) is 4.94. The summed E-state index contributed by atoms with van der Waals surface area (Å²) >= 11 is 0. The lowest BCUT2D eigenvalue weighted by atomic mass is 10.1. The van der Waals surface area contributed by atoms with E-state index in [1.165, 1.54) is 6.33 Å². The first-order valence-electron chi connectivity index (χ1n) is 9.72. The van der Waals surface area contributed by atoms with Gasteiger partial charge in [0.15, 0.2) is 11.5 Å². The maximum absolute atomic E-state index is 11.8. The van der Waals surface area contributed by atoms with Crippen LogP contribution in [-0.2, 0) is 13.0 Å². The SMILES string of the molecule is COc1ccc(CCNc2ncnc(N(C)Cc3ccccc3)c2[N+](=O)[O-])cc1OC. The van der Waals surface area contributed by atoms with Crippen LogP contribution in [0.25, 0.3) is 0 Å². The van der Waals surface area contributed by atoms with Crippen molar-refractivity contribution in [3.63, 3.8) is 0 Å². The minimum atomic E-state index is -0.449. The molecule has 162 valence electrons. The predicted molar refractivity (Wildman–Crippen MR) is 119 cm³/mol. The molecule has 0 saturated carbocycles. The van der Waals surface area contributed by atoms with Gasteiger partial charge in [0.2, 0.25) is 11.6 Å². The molecule has 31 heavy (non-hydrogen) atoms. The van der Waals surface area contributed by atoms with E-state index in [1.807, 2.05) is 48.5 Å². The van der Waals surface area contributed by atoms with Crippen molar-refractivity contribution in [1.82, 2.24) is 9.97 Å². The molecule has 0 atom stereocenters. The molecule has 0 aliphatic rings. The van der Waals surface area contributed by atoms with Gasteiger partial charge in [0.05, 0.1) is 19.1 Å². The molecule has 1 aromatic heterocycles. The van der Waals surface area contributed by atoms with Crippen LogP contribution in [0.15, 0.2) is 54.9 Å². The van der Waals surface area contributed by atoms with Crippen molar-refractivity contribution < 1.29 is 14.4 Å². The topological polar surface area (TPSA) is 103 Å². The van der Waals surface area contributed by atoms with Crippen LogP contribution in [0.1, 0.15) is 11.1 Å². The van der Waals surface area contributed by atoms with E-state index in [0.717, 1.165) is 11.1 Å². The van der Waals surface area contributed by atoms with E-state index < -0.39 is 4.92 Å². The van der Waals surface area contributed by atoms with Gasteiger partial charge in [0.25, 0.3) is 0 Å². The van der Waals surface area contributed by atoms with Crippen molar-refractivity contribution in [2.24, 2.45) is 0 Å². The maximum atomic E-state index is 11.8. The van der Waals surface area contributed by atoms with E-state index >= 15 is 0 Å². The van der Waals surface area contributed by atoms with Crippen LogP contribution in [0.4, 0.5) is 17.3 Å². The molecule has 9 nitrogen and oxygen atoms in total.